The van der Waals surface area contributed by atoms with Crippen LogP contribution in [-0.2, 0) is 27.4 Å². The van der Waals surface area contributed by atoms with Crippen LogP contribution in [-0.4, -0.2) is 31.2 Å². The first-order valence-electron chi connectivity index (χ1n) is 15.5. The minimum atomic E-state index is -0.758. The molecule has 0 bridgehead atoms. The molecule has 0 amide bonds. The van der Waals surface area contributed by atoms with Gasteiger partial charge in [-0.2, -0.15) is 0 Å². The Morgan fingerprint density at radius 1 is 0.848 bits per heavy atom. The molecule has 0 N–H and O–H groups in total. The molecule has 0 spiro atoms. The lowest BCUT2D eigenvalue weighted by molar-refractivity contribution is -0.146. The number of allylic oxidation sites excluding steroid dienone is 2. The van der Waals surface area contributed by atoms with Gasteiger partial charge in [0.1, 0.15) is 12.5 Å². The van der Waals surface area contributed by atoms with Gasteiger partial charge < -0.3 is 14.2 Å². The van der Waals surface area contributed by atoms with Crippen molar-refractivity contribution in [1.29, 1.82) is 0 Å². The number of carbonyl (C=O) groups is 2. The highest BCUT2D eigenvalue weighted by atomic mass is 35.5. The standard InChI is InChI=1S/C39H36ClNO5/c1-25-36(39(43)45-20-19-26-9-5-3-6-10-26)37(29-15-18-34(35(23-29)44-2)46-24-27-11-7-4-8-12-27)38-32(41-25)21-30(22-33(38)42)28-13-16-31(40)17-14-28/h3-18,23,30,36-37H,19-22,24H2,1-2H3/t30-,36?,37-/m0/s1. The minimum Gasteiger partial charge on any atom is -0.493 e. The van der Waals surface area contributed by atoms with Crippen molar-refractivity contribution >= 4 is 29.1 Å². The van der Waals surface area contributed by atoms with Gasteiger partial charge >= 0.3 is 5.97 Å². The summed E-state index contributed by atoms with van der Waals surface area (Å²) in [6.07, 6.45) is 1.50. The van der Waals surface area contributed by atoms with E-state index in [0.717, 1.165) is 28.0 Å². The van der Waals surface area contributed by atoms with Crippen LogP contribution in [0.1, 0.15) is 53.9 Å². The first-order chi connectivity index (χ1) is 22.4. The molecule has 234 valence electrons. The topological polar surface area (TPSA) is 74.2 Å². The van der Waals surface area contributed by atoms with Crippen molar-refractivity contribution in [2.45, 2.75) is 44.6 Å². The minimum absolute atomic E-state index is 0.0205. The van der Waals surface area contributed by atoms with E-state index in [1.807, 2.05) is 110 Å². The van der Waals surface area contributed by atoms with Crippen molar-refractivity contribution in [1.82, 2.24) is 0 Å². The third kappa shape index (κ3) is 6.92. The van der Waals surface area contributed by atoms with E-state index in [-0.39, 0.29) is 18.3 Å². The Morgan fingerprint density at radius 3 is 2.22 bits per heavy atom. The van der Waals surface area contributed by atoms with Crippen LogP contribution in [0.3, 0.4) is 0 Å². The normalized spacial score (nSPS) is 19.2. The number of ketones is 1. The number of hydrogen-bond donors (Lipinski definition) is 0. The van der Waals surface area contributed by atoms with Crippen molar-refractivity contribution in [2.24, 2.45) is 10.9 Å². The highest BCUT2D eigenvalue weighted by Gasteiger charge is 2.45. The van der Waals surface area contributed by atoms with Crippen molar-refractivity contribution in [3.8, 4) is 11.5 Å². The maximum atomic E-state index is 14.1. The Kier molecular flexibility index (Phi) is 9.65. The van der Waals surface area contributed by atoms with Crippen LogP contribution >= 0.6 is 11.6 Å². The summed E-state index contributed by atoms with van der Waals surface area (Å²) in [6.45, 7) is 2.46. The molecule has 46 heavy (non-hydrogen) atoms. The molecule has 2 aliphatic rings. The fraction of sp³-hybridized carbons (Fsp3) is 0.256. The maximum Gasteiger partial charge on any atom is 0.315 e. The van der Waals surface area contributed by atoms with E-state index in [1.165, 1.54) is 0 Å². The highest BCUT2D eigenvalue weighted by Crippen LogP contribution is 2.48. The number of carbonyl (C=O) groups excluding carboxylic acids is 2. The van der Waals surface area contributed by atoms with Gasteiger partial charge in [0, 0.05) is 40.8 Å². The van der Waals surface area contributed by atoms with Crippen molar-refractivity contribution in [3.05, 3.63) is 142 Å². The molecular weight excluding hydrogens is 598 g/mol. The Hall–Kier alpha value is -4.68. The first kappa shape index (κ1) is 31.3. The van der Waals surface area contributed by atoms with Crippen LogP contribution in [0, 0.1) is 5.92 Å². The fourth-order valence-electron chi connectivity index (χ4n) is 6.43. The summed E-state index contributed by atoms with van der Waals surface area (Å²) >= 11 is 6.14. The van der Waals surface area contributed by atoms with E-state index in [2.05, 4.69) is 0 Å². The highest BCUT2D eigenvalue weighted by molar-refractivity contribution is 6.30. The molecule has 0 radical (unpaired) electrons. The second-order valence-electron chi connectivity index (χ2n) is 11.7. The molecule has 1 aliphatic heterocycles. The lowest BCUT2D eigenvalue weighted by atomic mass is 9.69. The summed E-state index contributed by atoms with van der Waals surface area (Å²) in [7, 11) is 1.59. The van der Waals surface area contributed by atoms with Crippen molar-refractivity contribution in [3.63, 3.8) is 0 Å². The zero-order valence-corrected chi connectivity index (χ0v) is 26.7. The average molecular weight is 634 g/mol. The monoisotopic (exact) mass is 633 g/mol. The number of halogens is 1. The molecule has 0 saturated heterocycles. The number of hydrogen-bond acceptors (Lipinski definition) is 6. The Morgan fingerprint density at radius 2 is 1.52 bits per heavy atom. The van der Waals surface area contributed by atoms with Gasteiger partial charge in [0.2, 0.25) is 0 Å². The number of nitrogens with zero attached hydrogens (tertiary/aromatic N) is 1. The molecule has 4 aromatic carbocycles. The third-order valence-corrected chi connectivity index (χ3v) is 9.00. The average Bonchev–Trinajstić information content (AvgIpc) is 3.07. The number of aliphatic imine (C=N–C) groups is 1. The van der Waals surface area contributed by atoms with Crippen LogP contribution in [0.15, 0.2) is 119 Å². The lowest BCUT2D eigenvalue weighted by Crippen LogP contribution is -2.38. The van der Waals surface area contributed by atoms with Crippen LogP contribution in [0.2, 0.25) is 5.02 Å². The summed E-state index contributed by atoms with van der Waals surface area (Å²) in [5.41, 5.74) is 5.84. The molecule has 0 aromatic heterocycles. The molecule has 1 aliphatic carbocycles. The third-order valence-electron chi connectivity index (χ3n) is 8.75. The van der Waals surface area contributed by atoms with Crippen LogP contribution in [0.4, 0.5) is 0 Å². The largest absolute Gasteiger partial charge is 0.493 e. The van der Waals surface area contributed by atoms with Crippen LogP contribution in [0.25, 0.3) is 0 Å². The number of ether oxygens (including phenoxy) is 3. The SMILES string of the molecule is COc1cc([C@@H]2C3=C(C[C@H](c4ccc(Cl)cc4)CC3=O)N=C(C)C2C(=O)OCCc2ccccc2)ccc1OCc1ccccc1. The van der Waals surface area contributed by atoms with Gasteiger partial charge in [0.05, 0.1) is 13.7 Å². The quantitative estimate of drug-likeness (QED) is 0.164. The Bertz CT molecular complexity index is 1770. The zero-order chi connectivity index (χ0) is 32.0. The first-order valence-corrected chi connectivity index (χ1v) is 15.9. The molecule has 1 unspecified atom stereocenters. The van der Waals surface area contributed by atoms with E-state index in [9.17, 15) is 9.59 Å². The molecule has 7 heteroatoms. The fourth-order valence-corrected chi connectivity index (χ4v) is 6.56. The maximum absolute atomic E-state index is 14.1. The summed E-state index contributed by atoms with van der Waals surface area (Å²) in [5.74, 6) is -0.686. The second-order valence-corrected chi connectivity index (χ2v) is 12.2. The molecule has 0 saturated carbocycles. The number of esters is 1. The van der Waals surface area contributed by atoms with Gasteiger partial charge in [-0.05, 0) is 65.8 Å². The smallest absolute Gasteiger partial charge is 0.315 e. The molecule has 3 atom stereocenters. The molecular formula is C39H36ClNO5. The number of rotatable bonds is 10. The van der Waals surface area contributed by atoms with Crippen molar-refractivity contribution < 1.29 is 23.8 Å². The van der Waals surface area contributed by atoms with E-state index in [1.54, 1.807) is 7.11 Å². The zero-order valence-electron chi connectivity index (χ0n) is 25.9. The van der Waals surface area contributed by atoms with Gasteiger partial charge in [-0.25, -0.2) is 0 Å². The second kappa shape index (κ2) is 14.2. The number of methoxy groups -OCH3 is 1. The molecule has 4 aromatic rings. The van der Waals surface area contributed by atoms with Gasteiger partial charge in [-0.1, -0.05) is 90.5 Å². The van der Waals surface area contributed by atoms with E-state index < -0.39 is 17.8 Å². The van der Waals surface area contributed by atoms with E-state index in [4.69, 9.17) is 30.8 Å². The van der Waals surface area contributed by atoms with Crippen LogP contribution < -0.4 is 9.47 Å². The number of Topliss-reactive ketones (excluding diaryl/α,β-unsaturated/α-hetero) is 1. The Labute approximate surface area is 274 Å². The van der Waals surface area contributed by atoms with Gasteiger partial charge in [0.25, 0.3) is 0 Å². The van der Waals surface area contributed by atoms with Crippen LogP contribution in [0.5, 0.6) is 11.5 Å². The summed E-state index contributed by atoms with van der Waals surface area (Å²) in [6, 6.07) is 33.1. The molecule has 6 nitrogen and oxygen atoms in total. The summed E-state index contributed by atoms with van der Waals surface area (Å²) < 4.78 is 17.8. The predicted molar refractivity (Wildman–Crippen MR) is 180 cm³/mol. The van der Waals surface area contributed by atoms with E-state index >= 15 is 0 Å². The predicted octanol–water partition coefficient (Wildman–Crippen LogP) is 8.29. The Balaban J connectivity index is 1.33. The van der Waals surface area contributed by atoms with Crippen molar-refractivity contribution in [2.75, 3.05) is 13.7 Å². The van der Waals surface area contributed by atoms with E-state index in [0.29, 0.717) is 53.7 Å². The molecule has 1 heterocycles. The summed E-state index contributed by atoms with van der Waals surface area (Å²) in [5, 5.41) is 0.649. The molecule has 0 fully saturated rings. The number of benzene rings is 4. The van der Waals surface area contributed by atoms with Gasteiger partial charge in [0.15, 0.2) is 17.3 Å². The van der Waals surface area contributed by atoms with Gasteiger partial charge in [-0.3, -0.25) is 14.6 Å². The van der Waals surface area contributed by atoms with Gasteiger partial charge in [-0.15, -0.1) is 0 Å². The summed E-state index contributed by atoms with van der Waals surface area (Å²) in [4.78, 5) is 32.8. The molecule has 6 rings (SSSR count). The lowest BCUT2D eigenvalue weighted by Gasteiger charge is -2.36.